The van der Waals surface area contributed by atoms with Gasteiger partial charge in [-0.3, -0.25) is 5.84 Å². The maximum atomic E-state index is 9.34. The van der Waals surface area contributed by atoms with E-state index in [9.17, 15) is 5.11 Å². The van der Waals surface area contributed by atoms with Crippen LogP contribution in [0.2, 0.25) is 0 Å². The summed E-state index contributed by atoms with van der Waals surface area (Å²) >= 11 is 0. The van der Waals surface area contributed by atoms with E-state index in [1.807, 2.05) is 7.05 Å². The Hall–Kier alpha value is -0.120. The third-order valence-electron chi connectivity index (χ3n) is 3.32. The number of hydrogen-bond donors (Lipinski definition) is 2. The first-order chi connectivity index (χ1) is 6.74. The lowest BCUT2D eigenvalue weighted by atomic mass is 9.86. The minimum absolute atomic E-state index is 0.284. The van der Waals surface area contributed by atoms with Gasteiger partial charge in [0.05, 0.1) is 0 Å². The van der Waals surface area contributed by atoms with Gasteiger partial charge in [-0.05, 0) is 11.8 Å². The molecule has 1 rings (SSSR count). The summed E-state index contributed by atoms with van der Waals surface area (Å²) in [7, 11) is 1.87. The standard InChI is InChI=1S/C11H24N2O/c1-13(12)8-11(9-14)10-6-4-2-3-5-7-10/h10-11,14H,2-9,12H2,1H3. The van der Waals surface area contributed by atoms with Gasteiger partial charge in [0, 0.05) is 20.2 Å². The number of aliphatic hydroxyl groups excluding tert-OH is 1. The Kier molecular flexibility index (Phi) is 5.45. The van der Waals surface area contributed by atoms with Gasteiger partial charge in [0.2, 0.25) is 0 Å². The van der Waals surface area contributed by atoms with Crippen molar-refractivity contribution in [3.05, 3.63) is 0 Å². The van der Waals surface area contributed by atoms with Gasteiger partial charge in [-0.1, -0.05) is 38.5 Å². The number of nitrogens with two attached hydrogens (primary N) is 1. The van der Waals surface area contributed by atoms with Crippen LogP contribution in [0.5, 0.6) is 0 Å². The summed E-state index contributed by atoms with van der Waals surface area (Å²) in [6.45, 7) is 1.10. The fourth-order valence-corrected chi connectivity index (χ4v) is 2.51. The average Bonchev–Trinajstić information content (AvgIpc) is 2.41. The highest BCUT2D eigenvalue weighted by atomic mass is 16.3. The highest BCUT2D eigenvalue weighted by molar-refractivity contribution is 4.73. The topological polar surface area (TPSA) is 49.5 Å². The molecule has 3 N–H and O–H groups in total. The summed E-state index contributed by atoms with van der Waals surface area (Å²) in [6, 6.07) is 0. The zero-order valence-corrected chi connectivity index (χ0v) is 9.28. The van der Waals surface area contributed by atoms with Crippen LogP contribution in [0.3, 0.4) is 0 Å². The molecule has 0 aliphatic heterocycles. The van der Waals surface area contributed by atoms with E-state index in [0.717, 1.165) is 6.54 Å². The zero-order chi connectivity index (χ0) is 10.4. The molecular formula is C11H24N2O. The second kappa shape index (κ2) is 6.38. The smallest absolute Gasteiger partial charge is 0.0474 e. The summed E-state index contributed by atoms with van der Waals surface area (Å²) in [5.74, 6) is 6.70. The summed E-state index contributed by atoms with van der Waals surface area (Å²) < 4.78 is 0. The molecular weight excluding hydrogens is 176 g/mol. The maximum absolute atomic E-state index is 9.34. The lowest BCUT2D eigenvalue weighted by molar-refractivity contribution is 0.125. The van der Waals surface area contributed by atoms with Crippen molar-refractivity contribution in [3.8, 4) is 0 Å². The van der Waals surface area contributed by atoms with Crippen LogP contribution in [0, 0.1) is 11.8 Å². The first-order valence-corrected chi connectivity index (χ1v) is 5.80. The summed E-state index contributed by atoms with van der Waals surface area (Å²) in [5.41, 5.74) is 0. The van der Waals surface area contributed by atoms with Crippen molar-refractivity contribution in [1.29, 1.82) is 0 Å². The minimum atomic E-state index is 0.284. The second-order valence-corrected chi connectivity index (χ2v) is 4.63. The van der Waals surface area contributed by atoms with Crippen LogP contribution in [0.25, 0.3) is 0 Å². The fourth-order valence-electron chi connectivity index (χ4n) is 2.51. The molecule has 84 valence electrons. The molecule has 1 saturated carbocycles. The third kappa shape index (κ3) is 3.95. The third-order valence-corrected chi connectivity index (χ3v) is 3.32. The minimum Gasteiger partial charge on any atom is -0.396 e. The van der Waals surface area contributed by atoms with E-state index in [2.05, 4.69) is 0 Å². The molecule has 0 saturated heterocycles. The van der Waals surface area contributed by atoms with Crippen molar-refractivity contribution in [2.45, 2.75) is 38.5 Å². The van der Waals surface area contributed by atoms with Gasteiger partial charge in [-0.15, -0.1) is 0 Å². The van der Waals surface area contributed by atoms with Gasteiger partial charge in [-0.2, -0.15) is 0 Å². The van der Waals surface area contributed by atoms with Crippen molar-refractivity contribution in [3.63, 3.8) is 0 Å². The highest BCUT2D eigenvalue weighted by Gasteiger charge is 2.22. The molecule has 14 heavy (non-hydrogen) atoms. The Morgan fingerprint density at radius 2 is 1.86 bits per heavy atom. The van der Waals surface area contributed by atoms with Crippen molar-refractivity contribution < 1.29 is 5.11 Å². The first kappa shape index (κ1) is 12.0. The van der Waals surface area contributed by atoms with Crippen LogP contribution in [0.15, 0.2) is 0 Å². The number of rotatable bonds is 4. The Balaban J connectivity index is 2.40. The predicted octanol–water partition coefficient (Wildman–Crippen LogP) is 1.37. The lowest BCUT2D eigenvalue weighted by Gasteiger charge is -2.26. The zero-order valence-electron chi connectivity index (χ0n) is 9.28. The normalized spacial score (nSPS) is 22.3. The number of hydrazine groups is 1. The Labute approximate surface area is 87.2 Å². The van der Waals surface area contributed by atoms with Crippen molar-refractivity contribution in [1.82, 2.24) is 5.01 Å². The van der Waals surface area contributed by atoms with E-state index in [-0.39, 0.29) is 6.61 Å². The van der Waals surface area contributed by atoms with Crippen LogP contribution in [-0.4, -0.2) is 30.3 Å². The van der Waals surface area contributed by atoms with Crippen molar-refractivity contribution >= 4 is 0 Å². The Morgan fingerprint density at radius 3 is 2.29 bits per heavy atom. The van der Waals surface area contributed by atoms with E-state index in [4.69, 9.17) is 5.84 Å². The monoisotopic (exact) mass is 200 g/mol. The van der Waals surface area contributed by atoms with E-state index < -0.39 is 0 Å². The van der Waals surface area contributed by atoms with Gasteiger partial charge in [-0.25, -0.2) is 5.01 Å². The van der Waals surface area contributed by atoms with Gasteiger partial charge in [0.15, 0.2) is 0 Å². The van der Waals surface area contributed by atoms with E-state index in [0.29, 0.717) is 11.8 Å². The maximum Gasteiger partial charge on any atom is 0.0474 e. The number of aliphatic hydroxyl groups is 1. The van der Waals surface area contributed by atoms with Crippen LogP contribution >= 0.6 is 0 Å². The second-order valence-electron chi connectivity index (χ2n) is 4.63. The van der Waals surface area contributed by atoms with Gasteiger partial charge < -0.3 is 5.11 Å². The molecule has 1 aliphatic carbocycles. The van der Waals surface area contributed by atoms with E-state index >= 15 is 0 Å². The van der Waals surface area contributed by atoms with Crippen LogP contribution in [-0.2, 0) is 0 Å². The molecule has 3 nitrogen and oxygen atoms in total. The summed E-state index contributed by atoms with van der Waals surface area (Å²) in [6.07, 6.45) is 7.95. The van der Waals surface area contributed by atoms with Gasteiger partial charge in [0.1, 0.15) is 0 Å². The first-order valence-electron chi connectivity index (χ1n) is 5.80. The lowest BCUT2D eigenvalue weighted by Crippen LogP contribution is -2.36. The Morgan fingerprint density at radius 1 is 1.29 bits per heavy atom. The summed E-state index contributed by atoms with van der Waals surface area (Å²) in [4.78, 5) is 0. The summed E-state index contributed by atoms with van der Waals surface area (Å²) in [5, 5.41) is 11.0. The van der Waals surface area contributed by atoms with Crippen LogP contribution < -0.4 is 5.84 Å². The molecule has 1 aliphatic rings. The fraction of sp³-hybridized carbons (Fsp3) is 1.00. The van der Waals surface area contributed by atoms with E-state index in [1.54, 1.807) is 5.01 Å². The molecule has 3 heteroatoms. The predicted molar refractivity (Wildman–Crippen MR) is 58.6 cm³/mol. The molecule has 0 aromatic heterocycles. The molecule has 1 fully saturated rings. The van der Waals surface area contributed by atoms with E-state index in [1.165, 1.54) is 38.5 Å². The number of hydrogen-bond acceptors (Lipinski definition) is 3. The van der Waals surface area contributed by atoms with Gasteiger partial charge in [0.25, 0.3) is 0 Å². The molecule has 0 amide bonds. The largest absolute Gasteiger partial charge is 0.396 e. The quantitative estimate of drug-likeness (QED) is 0.409. The van der Waals surface area contributed by atoms with Gasteiger partial charge >= 0.3 is 0 Å². The average molecular weight is 200 g/mol. The molecule has 0 spiro atoms. The highest BCUT2D eigenvalue weighted by Crippen LogP contribution is 2.28. The number of nitrogens with zero attached hydrogens (tertiary/aromatic N) is 1. The van der Waals surface area contributed by atoms with Crippen molar-refractivity contribution in [2.24, 2.45) is 17.7 Å². The molecule has 0 bridgehead atoms. The SMILES string of the molecule is CN(N)CC(CO)C1CCCCCC1. The molecule has 0 heterocycles. The van der Waals surface area contributed by atoms with Crippen LogP contribution in [0.4, 0.5) is 0 Å². The van der Waals surface area contributed by atoms with Crippen molar-refractivity contribution in [2.75, 3.05) is 20.2 Å². The Bertz CT molecular complexity index is 142. The molecule has 1 atom stereocenters. The molecule has 0 aromatic carbocycles. The molecule has 0 radical (unpaired) electrons. The molecule has 1 unspecified atom stereocenters. The van der Waals surface area contributed by atoms with Crippen LogP contribution in [0.1, 0.15) is 38.5 Å². The molecule has 0 aromatic rings.